The second-order valence-corrected chi connectivity index (χ2v) is 8.10. The summed E-state index contributed by atoms with van der Waals surface area (Å²) >= 11 is 2.42. The van der Waals surface area contributed by atoms with Crippen molar-refractivity contribution in [1.29, 1.82) is 5.26 Å². The first-order valence-corrected chi connectivity index (χ1v) is 10.2. The van der Waals surface area contributed by atoms with Gasteiger partial charge in [-0.1, -0.05) is 18.2 Å². The Balaban J connectivity index is 1.59. The molecule has 1 aliphatic rings. The molecule has 0 amide bonds. The summed E-state index contributed by atoms with van der Waals surface area (Å²) in [7, 11) is 0. The van der Waals surface area contributed by atoms with Crippen LogP contribution in [0.5, 0.6) is 0 Å². The summed E-state index contributed by atoms with van der Waals surface area (Å²) in [5, 5.41) is 10.1. The average molecular weight is 456 g/mol. The van der Waals surface area contributed by atoms with Gasteiger partial charge in [0.15, 0.2) is 0 Å². The van der Waals surface area contributed by atoms with Gasteiger partial charge in [-0.15, -0.1) is 0 Å². The van der Waals surface area contributed by atoms with Gasteiger partial charge in [0.25, 0.3) is 0 Å². The fourth-order valence-corrected chi connectivity index (χ4v) is 4.57. The van der Waals surface area contributed by atoms with Crippen LogP contribution in [0.3, 0.4) is 0 Å². The molecule has 4 heteroatoms. The lowest BCUT2D eigenvalue weighted by atomic mass is 10.0. The SMILES string of the molecule is C[C@@H]1CCCN1CCc1oc2ccc(-c3ccc(C#N)cc3)cc2c1I. The number of hydrogen-bond donors (Lipinski definition) is 0. The molecular formula is C22H21IN2O. The molecule has 0 unspecified atom stereocenters. The number of fused-ring (bicyclic) bond motifs is 1. The van der Waals surface area contributed by atoms with Gasteiger partial charge in [-0.2, -0.15) is 5.26 Å². The lowest BCUT2D eigenvalue weighted by Crippen LogP contribution is -2.28. The van der Waals surface area contributed by atoms with Crippen molar-refractivity contribution in [3.05, 3.63) is 57.4 Å². The molecular weight excluding hydrogens is 435 g/mol. The highest BCUT2D eigenvalue weighted by Crippen LogP contribution is 2.32. The number of hydrogen-bond acceptors (Lipinski definition) is 3. The topological polar surface area (TPSA) is 40.2 Å². The van der Waals surface area contributed by atoms with Gasteiger partial charge in [-0.25, -0.2) is 0 Å². The van der Waals surface area contributed by atoms with Crippen LogP contribution in [0, 0.1) is 14.9 Å². The van der Waals surface area contributed by atoms with Gasteiger partial charge in [0.1, 0.15) is 11.3 Å². The fraction of sp³-hybridized carbons (Fsp3) is 0.318. The molecule has 1 fully saturated rings. The van der Waals surface area contributed by atoms with E-state index < -0.39 is 0 Å². The Morgan fingerprint density at radius 2 is 1.96 bits per heavy atom. The molecule has 2 aromatic carbocycles. The second-order valence-electron chi connectivity index (χ2n) is 7.02. The molecule has 26 heavy (non-hydrogen) atoms. The molecule has 0 spiro atoms. The Labute approximate surface area is 167 Å². The van der Waals surface area contributed by atoms with Gasteiger partial charge >= 0.3 is 0 Å². The van der Waals surface area contributed by atoms with E-state index >= 15 is 0 Å². The van der Waals surface area contributed by atoms with E-state index in [1.807, 2.05) is 24.3 Å². The first kappa shape index (κ1) is 17.6. The van der Waals surface area contributed by atoms with Crippen LogP contribution in [0.15, 0.2) is 46.9 Å². The van der Waals surface area contributed by atoms with Crippen LogP contribution in [-0.4, -0.2) is 24.0 Å². The molecule has 4 rings (SSSR count). The zero-order chi connectivity index (χ0) is 18.1. The third kappa shape index (κ3) is 3.38. The second kappa shape index (κ2) is 7.42. The molecule has 0 aliphatic carbocycles. The summed E-state index contributed by atoms with van der Waals surface area (Å²) in [5.74, 6) is 1.09. The van der Waals surface area contributed by atoms with Crippen molar-refractivity contribution in [3.63, 3.8) is 0 Å². The van der Waals surface area contributed by atoms with Crippen molar-refractivity contribution in [1.82, 2.24) is 4.90 Å². The van der Waals surface area contributed by atoms with E-state index in [2.05, 4.69) is 58.7 Å². The van der Waals surface area contributed by atoms with E-state index in [-0.39, 0.29) is 0 Å². The van der Waals surface area contributed by atoms with Crippen LogP contribution >= 0.6 is 22.6 Å². The summed E-state index contributed by atoms with van der Waals surface area (Å²) in [4.78, 5) is 2.56. The molecule has 3 nitrogen and oxygen atoms in total. The monoisotopic (exact) mass is 456 g/mol. The smallest absolute Gasteiger partial charge is 0.135 e. The van der Waals surface area contributed by atoms with Gasteiger partial charge in [0.05, 0.1) is 15.2 Å². The maximum absolute atomic E-state index is 8.96. The van der Waals surface area contributed by atoms with Crippen LogP contribution in [0.25, 0.3) is 22.1 Å². The van der Waals surface area contributed by atoms with E-state index in [1.54, 1.807) is 0 Å². The Bertz CT molecular complexity index is 968. The predicted octanol–water partition coefficient (Wildman–Crippen LogP) is 5.60. The molecule has 132 valence electrons. The largest absolute Gasteiger partial charge is 0.460 e. The van der Waals surface area contributed by atoms with Gasteiger partial charge in [-0.05, 0) is 84.3 Å². The summed E-state index contributed by atoms with van der Waals surface area (Å²) in [6, 6.07) is 16.9. The standard InChI is InChI=1S/C22H21IN2O/c1-15-3-2-11-25(15)12-10-21-22(23)19-13-18(8-9-20(19)26-21)17-6-4-16(14-24)5-7-17/h4-9,13,15H,2-3,10-12H2,1H3/t15-/m1/s1. The predicted molar refractivity (Wildman–Crippen MR) is 113 cm³/mol. The van der Waals surface area contributed by atoms with Crippen molar-refractivity contribution < 1.29 is 4.42 Å². The zero-order valence-electron chi connectivity index (χ0n) is 14.8. The Hall–Kier alpha value is -1.84. The van der Waals surface area contributed by atoms with Crippen molar-refractivity contribution in [2.45, 2.75) is 32.2 Å². The quantitative estimate of drug-likeness (QED) is 0.480. The molecule has 3 aromatic rings. The maximum atomic E-state index is 8.96. The number of furan rings is 1. The van der Waals surface area contributed by atoms with Crippen LogP contribution in [-0.2, 0) is 6.42 Å². The Morgan fingerprint density at radius 1 is 1.19 bits per heavy atom. The van der Waals surface area contributed by atoms with E-state index in [0.29, 0.717) is 11.6 Å². The molecule has 0 radical (unpaired) electrons. The number of rotatable bonds is 4. The van der Waals surface area contributed by atoms with Crippen molar-refractivity contribution >= 4 is 33.6 Å². The van der Waals surface area contributed by atoms with Gasteiger partial charge in [-0.3, -0.25) is 0 Å². The minimum absolute atomic E-state index is 0.686. The highest BCUT2D eigenvalue weighted by atomic mass is 127. The molecule has 2 heterocycles. The van der Waals surface area contributed by atoms with Gasteiger partial charge in [0.2, 0.25) is 0 Å². The van der Waals surface area contributed by atoms with Gasteiger partial charge in [0, 0.05) is 24.4 Å². The fourth-order valence-electron chi connectivity index (χ4n) is 3.77. The van der Waals surface area contributed by atoms with Crippen molar-refractivity contribution in [2.24, 2.45) is 0 Å². The highest BCUT2D eigenvalue weighted by molar-refractivity contribution is 14.1. The van der Waals surface area contributed by atoms with E-state index in [9.17, 15) is 0 Å². The summed E-state index contributed by atoms with van der Waals surface area (Å²) in [6.45, 7) is 4.60. The normalized spacial score (nSPS) is 17.7. The number of benzene rings is 2. The summed E-state index contributed by atoms with van der Waals surface area (Å²) < 4.78 is 7.37. The van der Waals surface area contributed by atoms with Crippen LogP contribution in [0.2, 0.25) is 0 Å². The Kier molecular flexibility index (Phi) is 5.01. The number of nitriles is 1. The number of halogens is 1. The maximum Gasteiger partial charge on any atom is 0.135 e. The first-order valence-electron chi connectivity index (χ1n) is 9.11. The van der Waals surface area contributed by atoms with E-state index in [4.69, 9.17) is 9.68 Å². The number of likely N-dealkylation sites (tertiary alicyclic amines) is 1. The molecule has 1 atom stereocenters. The molecule has 0 bridgehead atoms. The minimum Gasteiger partial charge on any atom is -0.460 e. The molecule has 0 N–H and O–H groups in total. The third-order valence-corrected chi connectivity index (χ3v) is 6.54. The van der Waals surface area contributed by atoms with Crippen LogP contribution in [0.1, 0.15) is 31.1 Å². The molecule has 1 aromatic heterocycles. The number of nitrogens with zero attached hydrogens (tertiary/aromatic N) is 2. The molecule has 1 aliphatic heterocycles. The third-order valence-electron chi connectivity index (χ3n) is 5.36. The van der Waals surface area contributed by atoms with Crippen LogP contribution < -0.4 is 0 Å². The van der Waals surface area contributed by atoms with Crippen molar-refractivity contribution in [3.8, 4) is 17.2 Å². The molecule has 0 saturated carbocycles. The zero-order valence-corrected chi connectivity index (χ0v) is 17.0. The van der Waals surface area contributed by atoms with Crippen LogP contribution in [0.4, 0.5) is 0 Å². The first-order chi connectivity index (χ1) is 12.7. The average Bonchev–Trinajstić information content (AvgIpc) is 3.23. The van der Waals surface area contributed by atoms with Crippen molar-refractivity contribution in [2.75, 3.05) is 13.1 Å². The summed E-state index contributed by atoms with van der Waals surface area (Å²) in [6.07, 6.45) is 3.58. The molecule has 1 saturated heterocycles. The minimum atomic E-state index is 0.686. The van der Waals surface area contributed by atoms with E-state index in [0.717, 1.165) is 35.4 Å². The lowest BCUT2D eigenvalue weighted by molar-refractivity contribution is 0.266. The van der Waals surface area contributed by atoms with Gasteiger partial charge < -0.3 is 9.32 Å². The van der Waals surface area contributed by atoms with E-state index in [1.165, 1.54) is 28.3 Å². The highest BCUT2D eigenvalue weighted by Gasteiger charge is 2.21. The lowest BCUT2D eigenvalue weighted by Gasteiger charge is -2.20. The summed E-state index contributed by atoms with van der Waals surface area (Å²) in [5.41, 5.74) is 3.91. The Morgan fingerprint density at radius 3 is 2.65 bits per heavy atom.